The first-order valence-corrected chi connectivity index (χ1v) is 11.9. The Balaban J connectivity index is 1.56. The minimum Gasteiger partial charge on any atom is -0.351 e. The van der Waals surface area contributed by atoms with E-state index in [1.54, 1.807) is 23.5 Å². The van der Waals surface area contributed by atoms with Gasteiger partial charge in [-0.2, -0.15) is 0 Å². The molecule has 0 fully saturated rings. The van der Waals surface area contributed by atoms with E-state index in [1.807, 2.05) is 0 Å². The lowest BCUT2D eigenvalue weighted by atomic mass is 9.72. The van der Waals surface area contributed by atoms with Crippen LogP contribution >= 0.6 is 11.3 Å². The molecule has 3 rings (SSSR count). The van der Waals surface area contributed by atoms with E-state index in [1.165, 1.54) is 29.0 Å². The average molecular weight is 421 g/mol. The minimum atomic E-state index is -3.67. The van der Waals surface area contributed by atoms with Crippen molar-refractivity contribution in [1.29, 1.82) is 0 Å². The Hall–Kier alpha value is -1.70. The van der Waals surface area contributed by atoms with E-state index in [0.29, 0.717) is 24.3 Å². The quantitative estimate of drug-likeness (QED) is 0.775. The molecule has 5 nitrogen and oxygen atoms in total. The van der Waals surface area contributed by atoms with Crippen molar-refractivity contribution in [3.8, 4) is 0 Å². The maximum atomic E-state index is 12.5. The molecule has 1 aromatic heterocycles. The number of carbonyl (C=O) groups excluding carboxylic acids is 1. The third kappa shape index (κ3) is 5.01. The van der Waals surface area contributed by atoms with E-state index in [2.05, 4.69) is 32.2 Å². The summed E-state index contributed by atoms with van der Waals surface area (Å²) in [5.41, 5.74) is 2.58. The smallest absolute Gasteiger partial charge is 0.261 e. The van der Waals surface area contributed by atoms with Crippen LogP contribution in [0.15, 0.2) is 35.2 Å². The monoisotopic (exact) mass is 420 g/mol. The Morgan fingerprint density at radius 3 is 2.54 bits per heavy atom. The summed E-state index contributed by atoms with van der Waals surface area (Å²) in [6, 6.07) is 8.50. The van der Waals surface area contributed by atoms with Crippen molar-refractivity contribution >= 4 is 27.3 Å². The number of rotatable bonds is 5. The number of amides is 1. The van der Waals surface area contributed by atoms with E-state index in [-0.39, 0.29) is 10.8 Å². The van der Waals surface area contributed by atoms with Gasteiger partial charge >= 0.3 is 0 Å². The van der Waals surface area contributed by atoms with Crippen molar-refractivity contribution in [2.24, 2.45) is 16.5 Å². The summed E-state index contributed by atoms with van der Waals surface area (Å²) in [7, 11) is -3.67. The normalized spacial score (nSPS) is 17.2. The van der Waals surface area contributed by atoms with Crippen LogP contribution in [0.25, 0.3) is 0 Å². The van der Waals surface area contributed by atoms with Gasteiger partial charge in [0.1, 0.15) is 0 Å². The van der Waals surface area contributed by atoms with Crippen molar-refractivity contribution in [2.45, 2.75) is 51.3 Å². The molecule has 0 saturated carbocycles. The number of sulfonamides is 1. The highest BCUT2D eigenvalue weighted by atomic mass is 32.2. The van der Waals surface area contributed by atoms with Crippen LogP contribution < -0.4 is 10.5 Å². The molecule has 7 heteroatoms. The zero-order chi connectivity index (χ0) is 20.5. The maximum Gasteiger partial charge on any atom is 0.261 e. The summed E-state index contributed by atoms with van der Waals surface area (Å²) in [6.45, 7) is 7.37. The van der Waals surface area contributed by atoms with Gasteiger partial charge in [-0.05, 0) is 66.3 Å². The average Bonchev–Trinajstić information content (AvgIpc) is 3.04. The Morgan fingerprint density at radius 1 is 1.25 bits per heavy atom. The summed E-state index contributed by atoms with van der Waals surface area (Å²) in [4.78, 5) is 14.7. The zero-order valence-electron chi connectivity index (χ0n) is 16.6. The van der Waals surface area contributed by atoms with Crippen LogP contribution in [0.1, 0.15) is 52.9 Å². The summed E-state index contributed by atoms with van der Waals surface area (Å²) >= 11 is 1.61. The van der Waals surface area contributed by atoms with Gasteiger partial charge in [0, 0.05) is 11.4 Å². The summed E-state index contributed by atoms with van der Waals surface area (Å²) in [5, 5.41) is 8.07. The van der Waals surface area contributed by atoms with Crippen LogP contribution in [0, 0.1) is 11.3 Å². The van der Waals surface area contributed by atoms with Gasteiger partial charge in [0.2, 0.25) is 10.0 Å². The molecule has 0 aliphatic heterocycles. The highest BCUT2D eigenvalue weighted by Crippen LogP contribution is 2.40. The second-order valence-corrected chi connectivity index (χ2v) is 11.3. The number of hydrogen-bond acceptors (Lipinski definition) is 4. The first-order valence-electron chi connectivity index (χ1n) is 9.55. The fraction of sp³-hybridized carbons (Fsp3) is 0.476. The molecule has 1 heterocycles. The van der Waals surface area contributed by atoms with Crippen molar-refractivity contribution in [3.63, 3.8) is 0 Å². The van der Waals surface area contributed by atoms with Crippen LogP contribution in [-0.4, -0.2) is 20.9 Å². The molecule has 0 saturated heterocycles. The largest absolute Gasteiger partial charge is 0.351 e. The van der Waals surface area contributed by atoms with Gasteiger partial charge in [-0.3, -0.25) is 4.79 Å². The number of carbonyl (C=O) groups is 1. The summed E-state index contributed by atoms with van der Waals surface area (Å²) in [5.74, 6) is 0.624. The number of primary sulfonamides is 1. The molecule has 0 radical (unpaired) electrons. The Kier molecular flexibility index (Phi) is 5.98. The number of nitrogens with two attached hydrogens (primary N) is 1. The lowest BCUT2D eigenvalue weighted by Gasteiger charge is -2.33. The number of hydrogen-bond donors (Lipinski definition) is 2. The summed E-state index contributed by atoms with van der Waals surface area (Å²) in [6.07, 6.45) is 3.94. The molecule has 28 heavy (non-hydrogen) atoms. The van der Waals surface area contributed by atoms with Gasteiger partial charge in [-0.25, -0.2) is 13.6 Å². The Morgan fingerprint density at radius 2 is 1.93 bits per heavy atom. The SMILES string of the molecule is CC(C)(C)C1CCc2sc(C(=O)NCCc3ccc(S(N)(=O)=O)cc3)cc2C1. The van der Waals surface area contributed by atoms with Crippen LogP contribution in [0.5, 0.6) is 0 Å². The van der Waals surface area contributed by atoms with E-state index in [9.17, 15) is 13.2 Å². The molecule has 0 spiro atoms. The third-order valence-corrected chi connectivity index (χ3v) is 7.65. The van der Waals surface area contributed by atoms with Crippen molar-refractivity contribution in [2.75, 3.05) is 6.54 Å². The lowest BCUT2D eigenvalue weighted by Crippen LogP contribution is -2.26. The van der Waals surface area contributed by atoms with E-state index in [4.69, 9.17) is 5.14 Å². The summed E-state index contributed by atoms with van der Waals surface area (Å²) < 4.78 is 22.6. The predicted molar refractivity (Wildman–Crippen MR) is 113 cm³/mol. The van der Waals surface area contributed by atoms with Crippen LogP contribution in [0.4, 0.5) is 0 Å². The van der Waals surface area contributed by atoms with Crippen molar-refractivity contribution in [1.82, 2.24) is 5.32 Å². The van der Waals surface area contributed by atoms with Gasteiger partial charge in [0.05, 0.1) is 9.77 Å². The molecule has 1 aliphatic rings. The van der Waals surface area contributed by atoms with Crippen LogP contribution in [-0.2, 0) is 29.3 Å². The molecule has 1 aliphatic carbocycles. The predicted octanol–water partition coefficient (Wildman–Crippen LogP) is 3.52. The molecule has 152 valence electrons. The van der Waals surface area contributed by atoms with Crippen molar-refractivity contribution < 1.29 is 13.2 Å². The van der Waals surface area contributed by atoms with Crippen LogP contribution in [0.2, 0.25) is 0 Å². The fourth-order valence-corrected chi connectivity index (χ4v) is 5.27. The molecular weight excluding hydrogens is 392 g/mol. The second-order valence-electron chi connectivity index (χ2n) is 8.56. The molecular formula is C21H28N2O3S2. The molecule has 1 unspecified atom stereocenters. The van der Waals surface area contributed by atoms with E-state index in [0.717, 1.165) is 23.3 Å². The lowest BCUT2D eigenvalue weighted by molar-refractivity contribution is 0.0958. The molecule has 1 atom stereocenters. The number of benzene rings is 1. The Bertz CT molecular complexity index is 955. The van der Waals surface area contributed by atoms with Gasteiger partial charge in [-0.1, -0.05) is 32.9 Å². The maximum absolute atomic E-state index is 12.5. The van der Waals surface area contributed by atoms with Gasteiger partial charge < -0.3 is 5.32 Å². The number of nitrogens with one attached hydrogen (secondary N) is 1. The number of thiophene rings is 1. The topological polar surface area (TPSA) is 89.3 Å². The Labute approximate surface area is 171 Å². The first-order chi connectivity index (χ1) is 13.0. The number of fused-ring (bicyclic) bond motifs is 1. The van der Waals surface area contributed by atoms with E-state index < -0.39 is 10.0 Å². The molecule has 0 bridgehead atoms. The van der Waals surface area contributed by atoms with Crippen LogP contribution in [0.3, 0.4) is 0 Å². The molecule has 3 N–H and O–H groups in total. The first kappa shape index (κ1) is 21.0. The number of aryl methyl sites for hydroxylation is 1. The molecule has 1 aromatic carbocycles. The van der Waals surface area contributed by atoms with E-state index >= 15 is 0 Å². The fourth-order valence-electron chi connectivity index (χ4n) is 3.63. The zero-order valence-corrected chi connectivity index (χ0v) is 18.3. The van der Waals surface area contributed by atoms with Gasteiger partial charge in [0.15, 0.2) is 0 Å². The highest BCUT2D eigenvalue weighted by Gasteiger charge is 2.30. The third-order valence-electron chi connectivity index (χ3n) is 5.48. The second kappa shape index (κ2) is 7.97. The standard InChI is InChI=1S/C21H28N2O3S2/c1-21(2,3)16-6-9-18-15(12-16)13-19(27-18)20(24)23-11-10-14-4-7-17(8-5-14)28(22,25)26/h4-5,7-8,13,16H,6,9-12H2,1-3H3,(H,23,24)(H2,22,25,26). The minimum absolute atomic E-state index is 0.0344. The molecule has 1 amide bonds. The molecule has 2 aromatic rings. The van der Waals surface area contributed by atoms with Gasteiger partial charge in [0.25, 0.3) is 5.91 Å². The highest BCUT2D eigenvalue weighted by molar-refractivity contribution is 7.89. The van der Waals surface area contributed by atoms with Crippen molar-refractivity contribution in [3.05, 3.63) is 51.2 Å². The van der Waals surface area contributed by atoms with Gasteiger partial charge in [-0.15, -0.1) is 11.3 Å².